The average molecular weight is 633 g/mol. The lowest BCUT2D eigenvalue weighted by Crippen LogP contribution is -2.38. The number of amides is 2. The standard InChI is InChI=1S/C32H26F2N4O6S/c1-3-45(41,42)37-26-14-27-24(28(30(39)35-2)29(44-27)19-6-10-22(34)11-7-19)13-23(26)20-12-25-31(36-15-20)43-17-38(32(25)40)16-18-4-8-21(33)9-5-18/h4-15,37H,3,16-17H2,1-2H3,(H,35,39). The van der Waals surface area contributed by atoms with Crippen LogP contribution in [0.25, 0.3) is 33.4 Å². The van der Waals surface area contributed by atoms with Crippen LogP contribution in [0, 0.1) is 11.6 Å². The van der Waals surface area contributed by atoms with Crippen LogP contribution < -0.4 is 14.8 Å². The van der Waals surface area contributed by atoms with E-state index in [-0.39, 0.29) is 59.0 Å². The number of hydrogen-bond donors (Lipinski definition) is 2. The number of ether oxygens (including phenoxy) is 1. The van der Waals surface area contributed by atoms with Gasteiger partial charge in [0.1, 0.15) is 28.5 Å². The van der Waals surface area contributed by atoms with E-state index in [1.165, 1.54) is 73.6 Å². The third-order valence-corrected chi connectivity index (χ3v) is 8.65. The van der Waals surface area contributed by atoms with E-state index in [0.717, 1.165) is 0 Å². The van der Waals surface area contributed by atoms with Gasteiger partial charge in [-0.05, 0) is 61.0 Å². The van der Waals surface area contributed by atoms with Crippen LogP contribution in [0.1, 0.15) is 33.2 Å². The van der Waals surface area contributed by atoms with Gasteiger partial charge in [-0.3, -0.25) is 14.3 Å². The van der Waals surface area contributed by atoms with Crippen LogP contribution in [-0.2, 0) is 16.6 Å². The van der Waals surface area contributed by atoms with E-state index in [0.29, 0.717) is 27.6 Å². The number of nitrogens with one attached hydrogen (secondary N) is 2. The molecule has 5 aromatic rings. The monoisotopic (exact) mass is 632 g/mol. The number of halogens is 2. The number of fused-ring (bicyclic) bond motifs is 2. The molecule has 0 atom stereocenters. The highest BCUT2D eigenvalue weighted by molar-refractivity contribution is 7.92. The molecule has 0 radical (unpaired) electrons. The summed E-state index contributed by atoms with van der Waals surface area (Å²) in [5.74, 6) is -1.69. The molecular weight excluding hydrogens is 606 g/mol. The normalized spacial score (nSPS) is 13.0. The summed E-state index contributed by atoms with van der Waals surface area (Å²) in [5, 5.41) is 2.94. The molecule has 2 aromatic heterocycles. The van der Waals surface area contributed by atoms with Gasteiger partial charge in [-0.1, -0.05) is 12.1 Å². The average Bonchev–Trinajstić information content (AvgIpc) is 3.41. The first-order chi connectivity index (χ1) is 21.6. The summed E-state index contributed by atoms with van der Waals surface area (Å²) in [6.07, 6.45) is 1.44. The van der Waals surface area contributed by atoms with E-state index >= 15 is 0 Å². The van der Waals surface area contributed by atoms with Crippen LogP contribution in [0.3, 0.4) is 0 Å². The van der Waals surface area contributed by atoms with E-state index in [1.54, 1.807) is 18.2 Å². The van der Waals surface area contributed by atoms with Crippen molar-refractivity contribution >= 4 is 38.5 Å². The van der Waals surface area contributed by atoms with Crippen molar-refractivity contribution in [1.29, 1.82) is 0 Å². The zero-order chi connectivity index (χ0) is 31.9. The lowest BCUT2D eigenvalue weighted by Gasteiger charge is -2.28. The Labute approximate surface area is 256 Å². The van der Waals surface area contributed by atoms with Crippen molar-refractivity contribution in [2.24, 2.45) is 0 Å². The van der Waals surface area contributed by atoms with Gasteiger partial charge in [0.05, 0.1) is 17.0 Å². The highest BCUT2D eigenvalue weighted by Crippen LogP contribution is 2.41. The maximum Gasteiger partial charge on any atom is 0.262 e. The van der Waals surface area contributed by atoms with Gasteiger partial charge in [-0.15, -0.1) is 0 Å². The van der Waals surface area contributed by atoms with E-state index in [9.17, 15) is 26.8 Å². The number of benzene rings is 3. The van der Waals surface area contributed by atoms with Gasteiger partial charge < -0.3 is 19.4 Å². The molecule has 1 aliphatic heterocycles. The third kappa shape index (κ3) is 5.81. The SMILES string of the molecule is CCS(=O)(=O)Nc1cc2oc(-c3ccc(F)cc3)c(C(=O)NC)c2cc1-c1cnc2c(c1)C(=O)N(Cc1ccc(F)cc1)CO2. The molecule has 13 heteroatoms. The van der Waals surface area contributed by atoms with Crippen molar-refractivity contribution in [3.05, 3.63) is 101 Å². The maximum atomic E-state index is 13.7. The number of nitrogens with zero attached hydrogens (tertiary/aromatic N) is 2. The highest BCUT2D eigenvalue weighted by Gasteiger charge is 2.29. The van der Waals surface area contributed by atoms with Crippen LogP contribution in [0.15, 0.2) is 77.3 Å². The fourth-order valence-electron chi connectivity index (χ4n) is 5.02. The predicted octanol–water partition coefficient (Wildman–Crippen LogP) is 5.55. The van der Waals surface area contributed by atoms with Crippen molar-refractivity contribution in [1.82, 2.24) is 15.2 Å². The Balaban J connectivity index is 1.49. The Bertz CT molecular complexity index is 2060. The molecule has 0 saturated carbocycles. The zero-order valence-electron chi connectivity index (χ0n) is 24.1. The van der Waals surface area contributed by atoms with E-state index in [4.69, 9.17) is 9.15 Å². The second-order valence-electron chi connectivity index (χ2n) is 10.3. The zero-order valence-corrected chi connectivity index (χ0v) is 24.9. The van der Waals surface area contributed by atoms with Crippen LogP contribution in [0.2, 0.25) is 0 Å². The van der Waals surface area contributed by atoms with Gasteiger partial charge in [0.2, 0.25) is 15.9 Å². The van der Waals surface area contributed by atoms with Crippen LogP contribution in [0.5, 0.6) is 5.88 Å². The Morgan fingerprint density at radius 3 is 2.33 bits per heavy atom. The van der Waals surface area contributed by atoms with E-state index < -0.39 is 27.6 Å². The van der Waals surface area contributed by atoms with Gasteiger partial charge in [0.25, 0.3) is 11.8 Å². The molecule has 10 nitrogen and oxygen atoms in total. The lowest BCUT2D eigenvalue weighted by molar-refractivity contribution is 0.0485. The van der Waals surface area contributed by atoms with Crippen LogP contribution >= 0.6 is 0 Å². The summed E-state index contributed by atoms with van der Waals surface area (Å²) in [5.41, 5.74) is 2.41. The number of aromatic nitrogens is 1. The summed E-state index contributed by atoms with van der Waals surface area (Å²) in [6, 6.07) is 15.7. The van der Waals surface area contributed by atoms with Crippen molar-refractivity contribution in [2.75, 3.05) is 24.3 Å². The lowest BCUT2D eigenvalue weighted by atomic mass is 9.98. The number of furan rings is 1. The molecule has 6 rings (SSSR count). The van der Waals surface area contributed by atoms with Gasteiger partial charge >= 0.3 is 0 Å². The minimum Gasteiger partial charge on any atom is -0.456 e. The molecule has 230 valence electrons. The number of pyridine rings is 1. The van der Waals surface area contributed by atoms with E-state index in [1.807, 2.05) is 0 Å². The molecule has 0 aliphatic carbocycles. The quantitative estimate of drug-likeness (QED) is 0.229. The second-order valence-corrected chi connectivity index (χ2v) is 12.3. The Morgan fingerprint density at radius 2 is 1.67 bits per heavy atom. The number of sulfonamides is 1. The first-order valence-electron chi connectivity index (χ1n) is 13.8. The first kappa shape index (κ1) is 29.8. The number of carbonyl (C=O) groups excluding carboxylic acids is 2. The summed E-state index contributed by atoms with van der Waals surface area (Å²) in [7, 11) is -2.33. The maximum absolute atomic E-state index is 13.7. The van der Waals surface area contributed by atoms with Gasteiger partial charge in [-0.2, -0.15) is 0 Å². The summed E-state index contributed by atoms with van der Waals surface area (Å²) in [4.78, 5) is 32.4. The topological polar surface area (TPSA) is 131 Å². The summed E-state index contributed by atoms with van der Waals surface area (Å²) in [6.45, 7) is 1.57. The van der Waals surface area contributed by atoms with Gasteiger partial charge in [-0.25, -0.2) is 22.2 Å². The molecule has 1 aliphatic rings. The fourth-order valence-corrected chi connectivity index (χ4v) is 5.67. The number of carbonyl (C=O) groups is 2. The molecule has 0 unspecified atom stereocenters. The molecule has 3 heterocycles. The van der Waals surface area contributed by atoms with E-state index in [2.05, 4.69) is 15.0 Å². The van der Waals surface area contributed by atoms with Crippen LogP contribution in [-0.4, -0.2) is 49.6 Å². The predicted molar refractivity (Wildman–Crippen MR) is 163 cm³/mol. The number of hydrogen-bond acceptors (Lipinski definition) is 7. The molecule has 3 aromatic carbocycles. The van der Waals surface area contributed by atoms with Gasteiger partial charge in [0, 0.05) is 47.9 Å². The molecule has 2 amide bonds. The minimum absolute atomic E-state index is 0.0697. The van der Waals surface area contributed by atoms with Crippen LogP contribution in [0.4, 0.5) is 14.5 Å². The Morgan fingerprint density at radius 1 is 0.978 bits per heavy atom. The summed E-state index contributed by atoms with van der Waals surface area (Å²) < 4.78 is 66.9. The van der Waals surface area contributed by atoms with Crippen molar-refractivity contribution in [2.45, 2.75) is 13.5 Å². The summed E-state index contributed by atoms with van der Waals surface area (Å²) >= 11 is 0. The highest BCUT2D eigenvalue weighted by atomic mass is 32.2. The molecule has 0 saturated heterocycles. The Kier molecular flexibility index (Phi) is 7.71. The third-order valence-electron chi connectivity index (χ3n) is 7.36. The van der Waals surface area contributed by atoms with Crippen molar-refractivity contribution in [3.63, 3.8) is 0 Å². The molecule has 2 N–H and O–H groups in total. The largest absolute Gasteiger partial charge is 0.456 e. The Hall–Kier alpha value is -5.30. The molecule has 0 fully saturated rings. The first-order valence-corrected chi connectivity index (χ1v) is 15.5. The van der Waals surface area contributed by atoms with Crippen molar-refractivity contribution < 1.29 is 35.9 Å². The van der Waals surface area contributed by atoms with Gasteiger partial charge in [0.15, 0.2) is 6.73 Å². The smallest absolute Gasteiger partial charge is 0.262 e. The van der Waals surface area contributed by atoms with Crippen molar-refractivity contribution in [3.8, 4) is 28.3 Å². The molecule has 0 spiro atoms. The fraction of sp³-hybridized carbons (Fsp3) is 0.156. The molecule has 45 heavy (non-hydrogen) atoms. The second kappa shape index (κ2) is 11.7. The number of rotatable bonds is 8. The molecular formula is C32H26F2N4O6S. The minimum atomic E-state index is -3.79. The molecule has 0 bridgehead atoms. The number of anilines is 1.